The van der Waals surface area contributed by atoms with Crippen molar-refractivity contribution in [2.75, 3.05) is 18.0 Å². The number of nitrogens with one attached hydrogen (secondary N) is 1. The molecule has 1 amide bonds. The smallest absolute Gasteiger partial charge is 0.251 e. The quantitative estimate of drug-likeness (QED) is 0.833. The Bertz CT molecular complexity index is 926. The predicted octanol–water partition coefficient (Wildman–Crippen LogP) is 3.57. The van der Waals surface area contributed by atoms with Crippen molar-refractivity contribution in [3.05, 3.63) is 59.4 Å². The van der Waals surface area contributed by atoms with Gasteiger partial charge >= 0.3 is 0 Å². The fourth-order valence-corrected chi connectivity index (χ4v) is 4.69. The van der Waals surface area contributed by atoms with Gasteiger partial charge in [0.15, 0.2) is 0 Å². The van der Waals surface area contributed by atoms with E-state index in [1.54, 1.807) is 18.2 Å². The van der Waals surface area contributed by atoms with Gasteiger partial charge in [-0.15, -0.1) is 0 Å². The van der Waals surface area contributed by atoms with Gasteiger partial charge in [-0.25, -0.2) is 4.39 Å². The maximum atomic E-state index is 13.8. The van der Waals surface area contributed by atoms with E-state index >= 15 is 0 Å². The van der Waals surface area contributed by atoms with Gasteiger partial charge in [-0.05, 0) is 68.1 Å². The first-order valence-corrected chi connectivity index (χ1v) is 10.3. The summed E-state index contributed by atoms with van der Waals surface area (Å²) in [4.78, 5) is 15.0. The topological polar surface area (TPSA) is 61.8 Å². The highest BCUT2D eigenvalue weighted by atomic mass is 19.1. The molecule has 6 heteroatoms. The highest BCUT2D eigenvalue weighted by molar-refractivity contribution is 5.94. The number of carbonyl (C=O) groups is 1. The van der Waals surface area contributed by atoms with Crippen molar-refractivity contribution in [2.45, 2.75) is 49.9 Å². The van der Waals surface area contributed by atoms with Crippen molar-refractivity contribution in [3.63, 3.8) is 0 Å². The summed E-state index contributed by atoms with van der Waals surface area (Å²) < 4.78 is 20.0. The summed E-state index contributed by atoms with van der Waals surface area (Å²) in [5, 5.41) is 12.8. The molecule has 2 aliphatic heterocycles. The number of carbonyl (C=O) groups excluding carboxylic acids is 1. The number of β-amino-alcohol motifs (C(OH)–C–C–N with tert-alkyl or cyclic N) is 1. The molecule has 2 aromatic rings. The molecule has 0 bridgehead atoms. The molecular weight excluding hydrogens is 371 g/mol. The van der Waals surface area contributed by atoms with Crippen LogP contribution in [0.2, 0.25) is 0 Å². The number of halogens is 1. The number of fused-ring (bicyclic) bond motifs is 1. The zero-order valence-electron chi connectivity index (χ0n) is 16.2. The summed E-state index contributed by atoms with van der Waals surface area (Å²) in [6, 6.07) is 11.7. The van der Waals surface area contributed by atoms with Crippen molar-refractivity contribution >= 4 is 11.6 Å². The van der Waals surface area contributed by atoms with Crippen LogP contribution in [-0.4, -0.2) is 35.8 Å². The number of aliphatic hydroxyl groups is 1. The summed E-state index contributed by atoms with van der Waals surface area (Å²) in [5.74, 6) is 0.175. The first kappa shape index (κ1) is 18.4. The van der Waals surface area contributed by atoms with Crippen molar-refractivity contribution in [3.8, 4) is 5.75 Å². The van der Waals surface area contributed by atoms with Crippen molar-refractivity contribution in [1.29, 1.82) is 0 Å². The van der Waals surface area contributed by atoms with E-state index in [4.69, 9.17) is 4.74 Å². The lowest BCUT2D eigenvalue weighted by molar-refractivity contribution is -0.0361. The van der Waals surface area contributed by atoms with Crippen LogP contribution in [0.4, 0.5) is 10.1 Å². The van der Waals surface area contributed by atoms with Gasteiger partial charge in [0, 0.05) is 36.3 Å². The Morgan fingerprint density at radius 3 is 2.66 bits per heavy atom. The van der Waals surface area contributed by atoms with Crippen molar-refractivity contribution < 1.29 is 19.0 Å². The highest BCUT2D eigenvalue weighted by Gasteiger charge is 2.46. The largest absolute Gasteiger partial charge is 0.487 e. The Labute approximate surface area is 169 Å². The fraction of sp³-hybridized carbons (Fsp3) is 0.435. The maximum absolute atomic E-state index is 13.8. The second kappa shape index (κ2) is 7.02. The summed E-state index contributed by atoms with van der Waals surface area (Å²) in [6.07, 6.45) is 4.19. The average molecular weight is 396 g/mol. The van der Waals surface area contributed by atoms with Crippen LogP contribution >= 0.6 is 0 Å². The third-order valence-electron chi connectivity index (χ3n) is 6.48. The van der Waals surface area contributed by atoms with Crippen LogP contribution in [0.3, 0.4) is 0 Å². The normalized spacial score (nSPS) is 24.6. The number of hydrogen-bond donors (Lipinski definition) is 2. The molecule has 1 saturated carbocycles. The molecule has 0 aromatic heterocycles. The average Bonchev–Trinajstić information content (AvgIpc) is 3.13. The van der Waals surface area contributed by atoms with Crippen LogP contribution in [-0.2, 0) is 0 Å². The number of benzene rings is 2. The maximum Gasteiger partial charge on any atom is 0.251 e. The molecule has 2 fully saturated rings. The lowest BCUT2D eigenvalue weighted by Crippen LogP contribution is -2.49. The van der Waals surface area contributed by atoms with E-state index in [2.05, 4.69) is 10.2 Å². The molecule has 5 rings (SSSR count). The van der Waals surface area contributed by atoms with Gasteiger partial charge in [0.25, 0.3) is 5.91 Å². The zero-order valence-corrected chi connectivity index (χ0v) is 16.2. The number of rotatable bonds is 3. The molecule has 5 nitrogen and oxygen atoms in total. The minimum Gasteiger partial charge on any atom is -0.487 e. The summed E-state index contributed by atoms with van der Waals surface area (Å²) in [5.41, 5.74) is 2.05. The van der Waals surface area contributed by atoms with Gasteiger partial charge < -0.3 is 20.1 Å². The van der Waals surface area contributed by atoms with E-state index in [9.17, 15) is 14.3 Å². The number of hydrogen-bond acceptors (Lipinski definition) is 4. The van der Waals surface area contributed by atoms with Crippen LogP contribution in [0.5, 0.6) is 5.75 Å². The Morgan fingerprint density at radius 1 is 1.21 bits per heavy atom. The number of amides is 1. The molecule has 2 atom stereocenters. The van der Waals surface area contributed by atoms with E-state index < -0.39 is 0 Å². The van der Waals surface area contributed by atoms with Gasteiger partial charge in [0.1, 0.15) is 17.2 Å². The first-order chi connectivity index (χ1) is 14.0. The monoisotopic (exact) mass is 396 g/mol. The molecule has 0 radical (unpaired) electrons. The van der Waals surface area contributed by atoms with E-state index in [0.717, 1.165) is 37.9 Å². The molecule has 2 N–H and O–H groups in total. The Morgan fingerprint density at radius 2 is 2.00 bits per heavy atom. The van der Waals surface area contributed by atoms with Crippen LogP contribution in [0.1, 0.15) is 54.1 Å². The molecule has 1 saturated heterocycles. The second-order valence-electron chi connectivity index (χ2n) is 8.49. The molecule has 2 heterocycles. The lowest BCUT2D eigenvalue weighted by atomic mass is 9.73. The van der Waals surface area contributed by atoms with Crippen LogP contribution in [0.25, 0.3) is 0 Å². The number of ether oxygens (including phenoxy) is 1. The number of anilines is 1. The van der Waals surface area contributed by atoms with Gasteiger partial charge in [-0.3, -0.25) is 4.79 Å². The fourth-order valence-electron chi connectivity index (χ4n) is 4.69. The third kappa shape index (κ3) is 3.46. The Hall–Kier alpha value is -2.60. The van der Waals surface area contributed by atoms with Crippen LogP contribution < -0.4 is 15.0 Å². The summed E-state index contributed by atoms with van der Waals surface area (Å²) in [6.45, 7) is 1.44. The van der Waals surface area contributed by atoms with Gasteiger partial charge in [0.05, 0.1) is 12.1 Å². The first-order valence-electron chi connectivity index (χ1n) is 10.3. The van der Waals surface area contributed by atoms with E-state index in [0.29, 0.717) is 29.8 Å². The Kier molecular flexibility index (Phi) is 4.46. The molecule has 2 aromatic carbocycles. The summed E-state index contributed by atoms with van der Waals surface area (Å²) >= 11 is 0. The molecule has 1 aliphatic carbocycles. The third-order valence-corrected chi connectivity index (χ3v) is 6.48. The molecule has 29 heavy (non-hydrogen) atoms. The minimum absolute atomic E-state index is 0.172. The molecule has 152 valence electrons. The predicted molar refractivity (Wildman–Crippen MR) is 108 cm³/mol. The summed E-state index contributed by atoms with van der Waals surface area (Å²) in [7, 11) is 0. The van der Waals surface area contributed by atoms with Crippen LogP contribution in [0, 0.1) is 5.82 Å². The van der Waals surface area contributed by atoms with Gasteiger partial charge in [-0.2, -0.15) is 0 Å². The molecule has 1 spiro atoms. The standard InChI is InChI=1S/C23H25FN2O3/c24-16-4-7-21-19(12-16)20(13-23(29-21)9-1-10-23)25-22(28)15-2-5-17(6-3-15)26-11-8-18(27)14-26/h2-7,12,18,20,27H,1,8-11,13-14H2,(H,25,28)/t18?,20-/m1/s1. The highest BCUT2D eigenvalue weighted by Crippen LogP contribution is 2.49. The zero-order chi connectivity index (χ0) is 20.0. The second-order valence-corrected chi connectivity index (χ2v) is 8.49. The van der Waals surface area contributed by atoms with E-state index in [-0.39, 0.29) is 29.5 Å². The molecule has 1 unspecified atom stereocenters. The van der Waals surface area contributed by atoms with E-state index in [1.165, 1.54) is 12.1 Å². The van der Waals surface area contributed by atoms with E-state index in [1.807, 2.05) is 12.1 Å². The molecule has 3 aliphatic rings. The van der Waals surface area contributed by atoms with Crippen molar-refractivity contribution in [1.82, 2.24) is 5.32 Å². The number of aliphatic hydroxyl groups excluding tert-OH is 1. The van der Waals surface area contributed by atoms with Gasteiger partial charge in [-0.1, -0.05) is 0 Å². The SMILES string of the molecule is O=C(N[C@@H]1CC2(CCC2)Oc2ccc(F)cc21)c1ccc(N2CCC(O)C2)cc1. The Balaban J connectivity index is 1.34. The van der Waals surface area contributed by atoms with Crippen LogP contribution in [0.15, 0.2) is 42.5 Å². The van der Waals surface area contributed by atoms with Crippen molar-refractivity contribution in [2.24, 2.45) is 0 Å². The minimum atomic E-state index is -0.326. The lowest BCUT2D eigenvalue weighted by Gasteiger charge is -2.48. The molecular formula is C23H25FN2O3. The van der Waals surface area contributed by atoms with Gasteiger partial charge in [0.2, 0.25) is 0 Å². The number of nitrogens with zero attached hydrogens (tertiary/aromatic N) is 1.